The quantitative estimate of drug-likeness (QED) is 0.441. The third-order valence-corrected chi connectivity index (χ3v) is 6.36. The third-order valence-electron chi connectivity index (χ3n) is 4.85. The molecule has 0 bridgehead atoms. The van der Waals surface area contributed by atoms with Crippen molar-refractivity contribution in [3.63, 3.8) is 0 Å². The molecule has 0 fully saturated rings. The summed E-state index contributed by atoms with van der Waals surface area (Å²) < 4.78 is 35.3. The number of carbonyl (C=O) groups excluding carboxylic acids is 1. The molecule has 0 aliphatic carbocycles. The lowest BCUT2D eigenvalue weighted by atomic mass is 10.1. The van der Waals surface area contributed by atoms with Gasteiger partial charge in [0.2, 0.25) is 0 Å². The van der Waals surface area contributed by atoms with E-state index in [1.165, 1.54) is 26.4 Å². The molecule has 0 N–H and O–H groups in total. The van der Waals surface area contributed by atoms with Crippen molar-refractivity contribution in [2.75, 3.05) is 20.5 Å². The van der Waals surface area contributed by atoms with Gasteiger partial charge in [0.15, 0.2) is 15.5 Å². The molecule has 1 heterocycles. The molecule has 0 saturated heterocycles. The first-order valence-electron chi connectivity index (χ1n) is 8.83. The number of aromatic nitrogens is 2. The summed E-state index contributed by atoms with van der Waals surface area (Å²) in [4.78, 5) is 12.5. The van der Waals surface area contributed by atoms with E-state index < -0.39 is 15.8 Å². The Kier molecular flexibility index (Phi) is 4.91. The molecular weight excluding hydrogens is 428 g/mol. The summed E-state index contributed by atoms with van der Waals surface area (Å²) in [5.74, 6) is -0.0502. The lowest BCUT2D eigenvalue weighted by molar-refractivity contribution is 0.0595. The van der Waals surface area contributed by atoms with E-state index in [4.69, 9.17) is 21.1 Å². The van der Waals surface area contributed by atoms with E-state index >= 15 is 0 Å². The van der Waals surface area contributed by atoms with Gasteiger partial charge in [-0.1, -0.05) is 17.7 Å². The van der Waals surface area contributed by atoms with E-state index in [9.17, 15) is 13.2 Å². The number of sulfone groups is 1. The molecule has 0 radical (unpaired) electrons. The van der Waals surface area contributed by atoms with E-state index in [0.717, 1.165) is 17.0 Å². The zero-order chi connectivity index (χ0) is 21.6. The van der Waals surface area contributed by atoms with Gasteiger partial charge >= 0.3 is 5.97 Å². The molecule has 0 atom stereocenters. The Hall–Kier alpha value is -3.10. The summed E-state index contributed by atoms with van der Waals surface area (Å²) in [5.41, 5.74) is 1.38. The molecular formula is C21H17ClN2O5S. The minimum Gasteiger partial charge on any atom is -0.495 e. The fourth-order valence-corrected chi connectivity index (χ4v) is 4.32. The number of hydrogen-bond acceptors (Lipinski definition) is 6. The van der Waals surface area contributed by atoms with Crippen LogP contribution in [0.5, 0.6) is 5.75 Å². The maximum absolute atomic E-state index is 12.3. The van der Waals surface area contributed by atoms with Crippen LogP contribution in [-0.4, -0.2) is 44.6 Å². The number of nitrogens with zero attached hydrogens (tertiary/aromatic N) is 2. The van der Waals surface area contributed by atoms with Crippen LogP contribution in [0.3, 0.4) is 0 Å². The van der Waals surface area contributed by atoms with Crippen molar-refractivity contribution in [1.82, 2.24) is 9.78 Å². The van der Waals surface area contributed by atoms with Crippen LogP contribution in [0.4, 0.5) is 0 Å². The fourth-order valence-electron chi connectivity index (χ4n) is 3.38. The van der Waals surface area contributed by atoms with Gasteiger partial charge in [-0.2, -0.15) is 5.10 Å². The number of carbonyl (C=O) groups is 1. The molecule has 0 amide bonds. The van der Waals surface area contributed by atoms with Crippen LogP contribution < -0.4 is 4.74 Å². The first kappa shape index (κ1) is 20.2. The van der Waals surface area contributed by atoms with Crippen LogP contribution in [0.25, 0.3) is 27.4 Å². The molecule has 0 aliphatic rings. The van der Waals surface area contributed by atoms with Crippen molar-refractivity contribution >= 4 is 49.1 Å². The second-order valence-corrected chi connectivity index (χ2v) is 9.05. The van der Waals surface area contributed by atoms with Gasteiger partial charge in [0.25, 0.3) is 0 Å². The minimum absolute atomic E-state index is 0.147. The zero-order valence-corrected chi connectivity index (χ0v) is 17.9. The summed E-state index contributed by atoms with van der Waals surface area (Å²) >= 11 is 6.50. The van der Waals surface area contributed by atoms with Crippen LogP contribution in [-0.2, 0) is 14.6 Å². The summed E-state index contributed by atoms with van der Waals surface area (Å²) in [6.45, 7) is 0. The number of benzene rings is 3. The average molecular weight is 445 g/mol. The smallest absolute Gasteiger partial charge is 0.359 e. The molecule has 154 valence electrons. The molecule has 4 aromatic rings. The number of halogens is 1. The van der Waals surface area contributed by atoms with Crippen LogP contribution in [0, 0.1) is 0 Å². The average Bonchev–Trinajstić information content (AvgIpc) is 3.13. The SMILES string of the molecule is COC(=O)c1nn(-c2ccc(S(C)(=O)=O)cc2)c2c1ccc1c(Cl)c(OC)ccc12. The lowest BCUT2D eigenvalue weighted by Gasteiger charge is -2.10. The number of rotatable bonds is 4. The monoisotopic (exact) mass is 444 g/mol. The normalized spacial score (nSPS) is 11.7. The number of hydrogen-bond donors (Lipinski definition) is 0. The van der Waals surface area contributed by atoms with Gasteiger partial charge in [0.1, 0.15) is 5.75 Å². The summed E-state index contributed by atoms with van der Waals surface area (Å²) in [7, 11) is -0.515. The van der Waals surface area contributed by atoms with Crippen molar-refractivity contribution in [1.29, 1.82) is 0 Å². The second kappa shape index (κ2) is 7.30. The molecule has 7 nitrogen and oxygen atoms in total. The molecule has 9 heteroatoms. The Labute approximate surface area is 177 Å². The Bertz CT molecular complexity index is 1410. The Morgan fingerprint density at radius 3 is 2.20 bits per heavy atom. The first-order valence-corrected chi connectivity index (χ1v) is 11.1. The maximum Gasteiger partial charge on any atom is 0.359 e. The van der Waals surface area contributed by atoms with Crippen LogP contribution in [0.15, 0.2) is 53.4 Å². The Morgan fingerprint density at radius 1 is 0.967 bits per heavy atom. The highest BCUT2D eigenvalue weighted by Crippen LogP contribution is 2.38. The number of esters is 1. The van der Waals surface area contributed by atoms with Crippen molar-refractivity contribution in [2.45, 2.75) is 4.90 Å². The molecule has 0 aliphatic heterocycles. The van der Waals surface area contributed by atoms with Crippen LogP contribution >= 0.6 is 11.6 Å². The van der Waals surface area contributed by atoms with Crippen LogP contribution in [0.1, 0.15) is 10.5 Å². The first-order chi connectivity index (χ1) is 14.3. The number of methoxy groups -OCH3 is 2. The van der Waals surface area contributed by atoms with E-state index in [1.807, 2.05) is 6.07 Å². The predicted octanol–water partition coefficient (Wildman–Crippen LogP) is 4.03. The van der Waals surface area contributed by atoms with E-state index in [2.05, 4.69) is 5.10 Å². The standard InChI is InChI=1S/C21H17ClN2O5S/c1-28-17-11-10-15-14(18(17)22)8-9-16-19(21(25)29-2)23-24(20(15)16)12-4-6-13(7-5-12)30(3,26)27/h4-11H,1-3H3. The van der Waals surface area contributed by atoms with Crippen LogP contribution in [0.2, 0.25) is 5.02 Å². The lowest BCUT2D eigenvalue weighted by Crippen LogP contribution is -2.04. The molecule has 0 spiro atoms. The molecule has 3 aromatic carbocycles. The second-order valence-electron chi connectivity index (χ2n) is 6.66. The van der Waals surface area contributed by atoms with Crippen molar-refractivity contribution in [3.8, 4) is 11.4 Å². The largest absolute Gasteiger partial charge is 0.495 e. The van der Waals surface area contributed by atoms with E-state index in [1.54, 1.807) is 35.0 Å². The van der Waals surface area contributed by atoms with Gasteiger partial charge in [-0.3, -0.25) is 0 Å². The minimum atomic E-state index is -3.34. The van der Waals surface area contributed by atoms with Gasteiger partial charge in [0.05, 0.1) is 35.3 Å². The summed E-state index contributed by atoms with van der Waals surface area (Å²) in [5, 5.41) is 6.98. The molecule has 4 rings (SSSR count). The van der Waals surface area contributed by atoms with Crippen molar-refractivity contribution < 1.29 is 22.7 Å². The number of fused-ring (bicyclic) bond motifs is 3. The fraction of sp³-hybridized carbons (Fsp3) is 0.143. The Balaban J connectivity index is 2.07. The number of ether oxygens (including phenoxy) is 2. The highest BCUT2D eigenvalue weighted by molar-refractivity contribution is 7.90. The molecule has 30 heavy (non-hydrogen) atoms. The highest BCUT2D eigenvalue weighted by atomic mass is 35.5. The molecule has 1 aromatic heterocycles. The van der Waals surface area contributed by atoms with Crippen molar-refractivity contribution in [3.05, 3.63) is 59.2 Å². The predicted molar refractivity (Wildman–Crippen MR) is 115 cm³/mol. The van der Waals surface area contributed by atoms with Gasteiger partial charge in [-0.15, -0.1) is 0 Å². The Morgan fingerprint density at radius 2 is 1.60 bits per heavy atom. The maximum atomic E-state index is 12.3. The zero-order valence-electron chi connectivity index (χ0n) is 16.3. The summed E-state index contributed by atoms with van der Waals surface area (Å²) in [6.07, 6.45) is 1.14. The van der Waals surface area contributed by atoms with Gasteiger partial charge < -0.3 is 9.47 Å². The van der Waals surface area contributed by atoms with Gasteiger partial charge in [-0.25, -0.2) is 17.9 Å². The van der Waals surface area contributed by atoms with E-state index in [0.29, 0.717) is 27.4 Å². The van der Waals surface area contributed by atoms with Gasteiger partial charge in [-0.05, 0) is 42.5 Å². The van der Waals surface area contributed by atoms with Crippen molar-refractivity contribution in [2.24, 2.45) is 0 Å². The van der Waals surface area contributed by atoms with E-state index in [-0.39, 0.29) is 10.6 Å². The third kappa shape index (κ3) is 3.18. The highest BCUT2D eigenvalue weighted by Gasteiger charge is 2.22. The topological polar surface area (TPSA) is 87.5 Å². The molecule has 0 unspecified atom stereocenters. The molecule has 0 saturated carbocycles. The summed E-state index contributed by atoms with van der Waals surface area (Å²) in [6, 6.07) is 13.4. The van der Waals surface area contributed by atoms with Gasteiger partial charge in [0, 0.05) is 22.4 Å².